The maximum atomic E-state index is 5.07. The first kappa shape index (κ1) is 8.82. The molecule has 0 aromatic carbocycles. The molecule has 13 heavy (non-hydrogen) atoms. The van der Waals surface area contributed by atoms with Crippen molar-refractivity contribution < 1.29 is 4.42 Å². The Bertz CT molecular complexity index is 243. The molecule has 2 nitrogen and oxygen atoms in total. The van der Waals surface area contributed by atoms with E-state index in [1.165, 1.54) is 24.9 Å². The molecule has 1 N–H and O–H groups in total. The maximum Gasteiger partial charge on any atom is 0.0937 e. The number of nitrogens with one attached hydrogen (secondary N) is 1. The van der Waals surface area contributed by atoms with Crippen LogP contribution in [-0.4, -0.2) is 13.1 Å². The summed E-state index contributed by atoms with van der Waals surface area (Å²) >= 11 is 0. The fourth-order valence-corrected chi connectivity index (χ4v) is 1.83. The van der Waals surface area contributed by atoms with Crippen LogP contribution in [0.3, 0.4) is 0 Å². The highest BCUT2D eigenvalue weighted by Gasteiger charge is 2.38. The molecule has 2 heteroatoms. The molecule has 1 aliphatic carbocycles. The lowest BCUT2D eigenvalue weighted by Gasteiger charge is -2.00. The van der Waals surface area contributed by atoms with Crippen LogP contribution < -0.4 is 5.32 Å². The van der Waals surface area contributed by atoms with Gasteiger partial charge in [0, 0.05) is 0 Å². The second-order valence-corrected chi connectivity index (χ2v) is 3.86. The van der Waals surface area contributed by atoms with Crippen LogP contribution in [0.2, 0.25) is 0 Å². The van der Waals surface area contributed by atoms with Crippen molar-refractivity contribution in [2.24, 2.45) is 5.92 Å². The molecule has 1 heterocycles. The van der Waals surface area contributed by atoms with E-state index in [0.29, 0.717) is 0 Å². The highest BCUT2D eigenvalue weighted by atomic mass is 16.3. The van der Waals surface area contributed by atoms with Crippen LogP contribution in [0.15, 0.2) is 23.0 Å². The van der Waals surface area contributed by atoms with Crippen LogP contribution in [0.5, 0.6) is 0 Å². The normalized spacial score (nSPS) is 26.2. The van der Waals surface area contributed by atoms with Gasteiger partial charge in [0.2, 0.25) is 0 Å². The SMILES string of the molecule is CCCNCC1CC1c1ccoc1. The summed E-state index contributed by atoms with van der Waals surface area (Å²) in [6.45, 7) is 4.52. The summed E-state index contributed by atoms with van der Waals surface area (Å²) in [6, 6.07) is 2.09. The van der Waals surface area contributed by atoms with Gasteiger partial charge in [-0.25, -0.2) is 0 Å². The second kappa shape index (κ2) is 3.97. The number of hydrogen-bond donors (Lipinski definition) is 1. The average molecular weight is 179 g/mol. The zero-order valence-electron chi connectivity index (χ0n) is 8.12. The standard InChI is InChI=1S/C11H17NO/c1-2-4-12-7-10-6-11(10)9-3-5-13-8-9/h3,5,8,10-12H,2,4,6-7H2,1H3. The molecule has 0 bridgehead atoms. The van der Waals surface area contributed by atoms with E-state index in [0.717, 1.165) is 18.4 Å². The summed E-state index contributed by atoms with van der Waals surface area (Å²) in [6.07, 6.45) is 6.20. The van der Waals surface area contributed by atoms with Gasteiger partial charge in [0.25, 0.3) is 0 Å². The Hall–Kier alpha value is -0.760. The van der Waals surface area contributed by atoms with E-state index in [1.807, 2.05) is 6.26 Å². The number of furan rings is 1. The Morgan fingerprint density at radius 3 is 3.23 bits per heavy atom. The van der Waals surface area contributed by atoms with Crippen LogP contribution in [0.4, 0.5) is 0 Å². The van der Waals surface area contributed by atoms with Gasteiger partial charge in [-0.05, 0) is 49.4 Å². The highest BCUT2D eigenvalue weighted by molar-refractivity contribution is 5.21. The van der Waals surface area contributed by atoms with E-state index in [9.17, 15) is 0 Å². The fraction of sp³-hybridized carbons (Fsp3) is 0.636. The number of rotatable bonds is 5. The molecule has 72 valence electrons. The molecular formula is C11H17NO. The summed E-state index contributed by atoms with van der Waals surface area (Å²) in [5, 5.41) is 3.46. The first-order valence-electron chi connectivity index (χ1n) is 5.14. The molecular weight excluding hydrogens is 162 g/mol. The molecule has 2 unspecified atom stereocenters. The van der Waals surface area contributed by atoms with Gasteiger partial charge in [0.05, 0.1) is 12.5 Å². The predicted molar refractivity (Wildman–Crippen MR) is 52.7 cm³/mol. The highest BCUT2D eigenvalue weighted by Crippen LogP contribution is 2.46. The zero-order chi connectivity index (χ0) is 9.10. The Labute approximate surface area is 79.3 Å². The van der Waals surface area contributed by atoms with Gasteiger partial charge < -0.3 is 9.73 Å². The first-order valence-corrected chi connectivity index (χ1v) is 5.14. The van der Waals surface area contributed by atoms with E-state index >= 15 is 0 Å². The number of hydrogen-bond acceptors (Lipinski definition) is 2. The monoisotopic (exact) mass is 179 g/mol. The molecule has 1 saturated carbocycles. The topological polar surface area (TPSA) is 25.2 Å². The second-order valence-electron chi connectivity index (χ2n) is 3.86. The smallest absolute Gasteiger partial charge is 0.0937 e. The Kier molecular flexibility index (Phi) is 2.69. The first-order chi connectivity index (χ1) is 6.42. The van der Waals surface area contributed by atoms with Gasteiger partial charge >= 0.3 is 0 Å². The van der Waals surface area contributed by atoms with Gasteiger partial charge in [-0.2, -0.15) is 0 Å². The van der Waals surface area contributed by atoms with Gasteiger partial charge in [-0.3, -0.25) is 0 Å². The molecule has 2 rings (SSSR count). The van der Waals surface area contributed by atoms with E-state index < -0.39 is 0 Å². The Morgan fingerprint density at radius 1 is 1.62 bits per heavy atom. The largest absolute Gasteiger partial charge is 0.472 e. The van der Waals surface area contributed by atoms with Crippen molar-refractivity contribution >= 4 is 0 Å². The summed E-state index contributed by atoms with van der Waals surface area (Å²) in [4.78, 5) is 0. The lowest BCUT2D eigenvalue weighted by atomic mass is 10.2. The van der Waals surface area contributed by atoms with Crippen molar-refractivity contribution in [1.82, 2.24) is 5.32 Å². The third-order valence-electron chi connectivity index (χ3n) is 2.73. The van der Waals surface area contributed by atoms with Crippen molar-refractivity contribution in [3.8, 4) is 0 Å². The van der Waals surface area contributed by atoms with Gasteiger partial charge in [-0.15, -0.1) is 0 Å². The van der Waals surface area contributed by atoms with Crippen molar-refractivity contribution in [1.29, 1.82) is 0 Å². The average Bonchev–Trinajstić information content (AvgIpc) is 2.72. The van der Waals surface area contributed by atoms with Crippen molar-refractivity contribution in [2.75, 3.05) is 13.1 Å². The summed E-state index contributed by atoms with van der Waals surface area (Å²) in [5.41, 5.74) is 1.38. The summed E-state index contributed by atoms with van der Waals surface area (Å²) in [5.74, 6) is 1.62. The van der Waals surface area contributed by atoms with Gasteiger partial charge in [0.15, 0.2) is 0 Å². The Balaban J connectivity index is 1.71. The lowest BCUT2D eigenvalue weighted by Crippen LogP contribution is -2.17. The van der Waals surface area contributed by atoms with E-state index in [-0.39, 0.29) is 0 Å². The minimum Gasteiger partial charge on any atom is -0.472 e. The molecule has 1 aromatic heterocycles. The molecule has 1 fully saturated rings. The molecule has 0 saturated heterocycles. The van der Waals surface area contributed by atoms with E-state index in [1.54, 1.807) is 6.26 Å². The predicted octanol–water partition coefficient (Wildman–Crippen LogP) is 2.38. The van der Waals surface area contributed by atoms with E-state index in [2.05, 4.69) is 18.3 Å². The van der Waals surface area contributed by atoms with Crippen LogP contribution in [0, 0.1) is 5.92 Å². The fourth-order valence-electron chi connectivity index (χ4n) is 1.83. The summed E-state index contributed by atoms with van der Waals surface area (Å²) in [7, 11) is 0. The molecule has 1 aromatic rings. The Morgan fingerprint density at radius 2 is 2.54 bits per heavy atom. The molecule has 1 aliphatic rings. The van der Waals surface area contributed by atoms with Crippen LogP contribution in [-0.2, 0) is 0 Å². The van der Waals surface area contributed by atoms with Crippen LogP contribution in [0.25, 0.3) is 0 Å². The summed E-state index contributed by atoms with van der Waals surface area (Å²) < 4.78 is 5.07. The quantitative estimate of drug-likeness (QED) is 0.702. The van der Waals surface area contributed by atoms with Crippen molar-refractivity contribution in [3.63, 3.8) is 0 Å². The molecule has 0 amide bonds. The van der Waals surface area contributed by atoms with Crippen LogP contribution >= 0.6 is 0 Å². The van der Waals surface area contributed by atoms with Crippen molar-refractivity contribution in [2.45, 2.75) is 25.7 Å². The molecule has 0 radical (unpaired) electrons. The third-order valence-corrected chi connectivity index (χ3v) is 2.73. The van der Waals surface area contributed by atoms with Crippen LogP contribution in [0.1, 0.15) is 31.2 Å². The van der Waals surface area contributed by atoms with Crippen molar-refractivity contribution in [3.05, 3.63) is 24.2 Å². The molecule has 2 atom stereocenters. The minimum absolute atomic E-state index is 0.767. The molecule has 0 spiro atoms. The zero-order valence-corrected chi connectivity index (χ0v) is 8.12. The van der Waals surface area contributed by atoms with E-state index in [4.69, 9.17) is 4.42 Å². The molecule has 0 aliphatic heterocycles. The minimum atomic E-state index is 0.767. The lowest BCUT2D eigenvalue weighted by molar-refractivity contribution is 0.562. The maximum absolute atomic E-state index is 5.07. The third kappa shape index (κ3) is 2.13. The van der Waals surface area contributed by atoms with Gasteiger partial charge in [0.1, 0.15) is 0 Å². The van der Waals surface area contributed by atoms with Gasteiger partial charge in [-0.1, -0.05) is 6.92 Å².